The molecular weight excluding hydrogens is 284 g/mol. The highest BCUT2D eigenvalue weighted by Crippen LogP contribution is 2.29. The van der Waals surface area contributed by atoms with Gasteiger partial charge >= 0.3 is 0 Å². The van der Waals surface area contributed by atoms with E-state index in [2.05, 4.69) is 6.92 Å². The second kappa shape index (κ2) is 7.88. The lowest BCUT2D eigenvalue weighted by molar-refractivity contribution is 0.285. The minimum atomic E-state index is -3.41. The summed E-state index contributed by atoms with van der Waals surface area (Å²) in [6.45, 7) is 2.30. The fourth-order valence-corrected chi connectivity index (χ4v) is 2.68. The Morgan fingerprint density at radius 1 is 1.26 bits per heavy atom. The van der Waals surface area contributed by atoms with Gasteiger partial charge in [-0.15, -0.1) is 0 Å². The first kappa shape index (κ1) is 16.5. The van der Waals surface area contributed by atoms with Gasteiger partial charge in [0.05, 0.1) is 12.9 Å². The molecule has 108 valence electrons. The van der Waals surface area contributed by atoms with Crippen LogP contribution in [0.3, 0.4) is 0 Å². The molecule has 0 heterocycles. The van der Waals surface area contributed by atoms with Crippen LogP contribution in [0.25, 0.3) is 0 Å². The van der Waals surface area contributed by atoms with Gasteiger partial charge in [-0.05, 0) is 18.1 Å². The molecule has 0 saturated carbocycles. The monoisotopic (exact) mass is 304 g/mol. The molecule has 1 rings (SSSR count). The van der Waals surface area contributed by atoms with Gasteiger partial charge in [0.1, 0.15) is 0 Å². The summed E-state index contributed by atoms with van der Waals surface area (Å²) in [5.74, 6) is 0.0231. The van der Waals surface area contributed by atoms with E-state index in [0.717, 1.165) is 37.5 Å². The number of hydrogen-bond donors (Lipinski definition) is 0. The summed E-state index contributed by atoms with van der Waals surface area (Å²) < 4.78 is 27.2. The van der Waals surface area contributed by atoms with Gasteiger partial charge in [0.2, 0.25) is 0 Å². The van der Waals surface area contributed by atoms with E-state index in [1.54, 1.807) is 0 Å². The number of rotatable bonds is 8. The summed E-state index contributed by atoms with van der Waals surface area (Å²) in [7, 11) is -3.41. The van der Waals surface area contributed by atoms with Crippen LogP contribution in [0, 0.1) is 0 Å². The molecule has 0 aliphatic rings. The normalized spacial score (nSPS) is 13.4. The van der Waals surface area contributed by atoms with Crippen LogP contribution in [0.1, 0.15) is 44.1 Å². The predicted octanol–water partition coefficient (Wildman–Crippen LogP) is 3.98. The molecule has 19 heavy (non-hydrogen) atoms. The van der Waals surface area contributed by atoms with Crippen molar-refractivity contribution in [3.63, 3.8) is 0 Å². The highest BCUT2D eigenvalue weighted by molar-refractivity contribution is 7.85. The third kappa shape index (κ3) is 6.41. The lowest BCUT2D eigenvalue weighted by Gasteiger charge is -2.18. The van der Waals surface area contributed by atoms with Gasteiger partial charge in [-0.1, -0.05) is 56.0 Å². The quantitative estimate of drug-likeness (QED) is 0.539. The van der Waals surface area contributed by atoms with Crippen molar-refractivity contribution < 1.29 is 12.6 Å². The van der Waals surface area contributed by atoms with Crippen molar-refractivity contribution in [2.24, 2.45) is 0 Å². The number of unbranched alkanes of at least 4 members (excludes halogenated alkanes) is 2. The SMILES string of the molecule is CCCCCC(COS(C)(=O)=O)c1ccccc1Cl. The standard InChI is InChI=1S/C14H21ClO3S/c1-3-4-5-8-12(11-18-19(2,16)17)13-9-6-7-10-14(13)15/h6-7,9-10,12H,3-5,8,11H2,1-2H3. The van der Waals surface area contributed by atoms with Crippen LogP contribution < -0.4 is 0 Å². The first-order chi connectivity index (χ1) is 8.94. The average Bonchev–Trinajstić information content (AvgIpc) is 2.33. The van der Waals surface area contributed by atoms with E-state index in [9.17, 15) is 8.42 Å². The highest BCUT2D eigenvalue weighted by atomic mass is 35.5. The highest BCUT2D eigenvalue weighted by Gasteiger charge is 2.17. The van der Waals surface area contributed by atoms with E-state index >= 15 is 0 Å². The molecule has 0 aliphatic heterocycles. The molecule has 5 heteroatoms. The van der Waals surface area contributed by atoms with E-state index in [1.165, 1.54) is 0 Å². The van der Waals surface area contributed by atoms with Crippen LogP contribution in [0.2, 0.25) is 5.02 Å². The third-order valence-corrected chi connectivity index (χ3v) is 3.89. The van der Waals surface area contributed by atoms with Crippen molar-refractivity contribution in [1.29, 1.82) is 0 Å². The Labute approximate surface area is 121 Å². The van der Waals surface area contributed by atoms with Crippen molar-refractivity contribution >= 4 is 21.7 Å². The Bertz CT molecular complexity index is 485. The van der Waals surface area contributed by atoms with Crippen molar-refractivity contribution in [2.75, 3.05) is 12.9 Å². The zero-order chi connectivity index (χ0) is 14.3. The van der Waals surface area contributed by atoms with E-state index in [4.69, 9.17) is 15.8 Å². The number of benzene rings is 1. The number of halogens is 1. The molecular formula is C14H21ClO3S. The fourth-order valence-electron chi connectivity index (χ4n) is 1.98. The summed E-state index contributed by atoms with van der Waals surface area (Å²) >= 11 is 6.18. The molecule has 1 unspecified atom stereocenters. The molecule has 1 atom stereocenters. The molecule has 0 fully saturated rings. The topological polar surface area (TPSA) is 43.4 Å². The molecule has 0 N–H and O–H groups in total. The van der Waals surface area contributed by atoms with Crippen molar-refractivity contribution in [1.82, 2.24) is 0 Å². The van der Waals surface area contributed by atoms with Crippen LogP contribution in [-0.4, -0.2) is 21.3 Å². The van der Waals surface area contributed by atoms with Crippen molar-refractivity contribution in [2.45, 2.75) is 38.5 Å². The predicted molar refractivity (Wildman–Crippen MR) is 79.1 cm³/mol. The minimum Gasteiger partial charge on any atom is -0.270 e. The molecule has 3 nitrogen and oxygen atoms in total. The van der Waals surface area contributed by atoms with Gasteiger partial charge in [-0.3, -0.25) is 4.18 Å². The Morgan fingerprint density at radius 2 is 1.95 bits per heavy atom. The summed E-state index contributed by atoms with van der Waals surface area (Å²) in [5, 5.41) is 0.668. The van der Waals surface area contributed by atoms with Crippen LogP contribution in [0.15, 0.2) is 24.3 Å². The van der Waals surface area contributed by atoms with Crippen molar-refractivity contribution in [3.8, 4) is 0 Å². The summed E-state index contributed by atoms with van der Waals surface area (Å²) in [6, 6.07) is 7.54. The Kier molecular flexibility index (Phi) is 6.83. The lowest BCUT2D eigenvalue weighted by Crippen LogP contribution is -2.13. The van der Waals surface area contributed by atoms with Gasteiger partial charge in [-0.2, -0.15) is 8.42 Å². The average molecular weight is 305 g/mol. The zero-order valence-electron chi connectivity index (χ0n) is 11.4. The zero-order valence-corrected chi connectivity index (χ0v) is 13.0. The maximum atomic E-state index is 11.1. The molecule has 0 aliphatic carbocycles. The van der Waals surface area contributed by atoms with Crippen LogP contribution in [-0.2, 0) is 14.3 Å². The van der Waals surface area contributed by atoms with E-state index in [1.807, 2.05) is 24.3 Å². The van der Waals surface area contributed by atoms with E-state index in [0.29, 0.717) is 5.02 Å². The molecule has 0 bridgehead atoms. The second-order valence-electron chi connectivity index (χ2n) is 4.70. The van der Waals surface area contributed by atoms with Gasteiger partial charge in [0.15, 0.2) is 0 Å². The lowest BCUT2D eigenvalue weighted by atomic mass is 9.94. The van der Waals surface area contributed by atoms with Crippen LogP contribution in [0.5, 0.6) is 0 Å². The van der Waals surface area contributed by atoms with Gasteiger partial charge in [0, 0.05) is 10.9 Å². The summed E-state index contributed by atoms with van der Waals surface area (Å²) in [6.07, 6.45) is 5.25. The van der Waals surface area contributed by atoms with Gasteiger partial charge in [0.25, 0.3) is 10.1 Å². The third-order valence-electron chi connectivity index (χ3n) is 2.98. The smallest absolute Gasteiger partial charge is 0.264 e. The summed E-state index contributed by atoms with van der Waals surface area (Å²) in [5.41, 5.74) is 0.962. The van der Waals surface area contributed by atoms with Crippen molar-refractivity contribution in [3.05, 3.63) is 34.9 Å². The Hall–Kier alpha value is -0.580. The molecule has 0 spiro atoms. The Morgan fingerprint density at radius 3 is 2.53 bits per heavy atom. The molecule has 0 radical (unpaired) electrons. The largest absolute Gasteiger partial charge is 0.270 e. The van der Waals surface area contributed by atoms with Crippen LogP contribution in [0.4, 0.5) is 0 Å². The molecule has 1 aromatic carbocycles. The summed E-state index contributed by atoms with van der Waals surface area (Å²) in [4.78, 5) is 0. The fraction of sp³-hybridized carbons (Fsp3) is 0.571. The van der Waals surface area contributed by atoms with E-state index < -0.39 is 10.1 Å². The second-order valence-corrected chi connectivity index (χ2v) is 6.75. The molecule has 1 aromatic rings. The molecule has 0 saturated heterocycles. The molecule has 0 aromatic heterocycles. The number of hydrogen-bond acceptors (Lipinski definition) is 3. The molecule has 0 amide bonds. The minimum absolute atomic E-state index is 0.0231. The maximum Gasteiger partial charge on any atom is 0.264 e. The van der Waals surface area contributed by atoms with Gasteiger partial charge in [-0.25, -0.2) is 0 Å². The first-order valence-electron chi connectivity index (χ1n) is 6.53. The first-order valence-corrected chi connectivity index (χ1v) is 8.72. The maximum absolute atomic E-state index is 11.1. The Balaban J connectivity index is 2.77. The van der Waals surface area contributed by atoms with Gasteiger partial charge < -0.3 is 0 Å². The van der Waals surface area contributed by atoms with Crippen LogP contribution >= 0.6 is 11.6 Å². The van der Waals surface area contributed by atoms with E-state index in [-0.39, 0.29) is 12.5 Å².